The Labute approximate surface area is 155 Å². The van der Waals surface area contributed by atoms with Crippen LogP contribution in [-0.4, -0.2) is 10.9 Å². The molecule has 134 valence electrons. The number of nitrogens with one attached hydrogen (secondary N) is 1. The Bertz CT molecular complexity index is 836. The summed E-state index contributed by atoms with van der Waals surface area (Å²) in [6.07, 6.45) is 10.3. The first-order valence-corrected chi connectivity index (χ1v) is 9.78. The Morgan fingerprint density at radius 3 is 2.50 bits per heavy atom. The van der Waals surface area contributed by atoms with Crippen molar-refractivity contribution in [2.75, 3.05) is 5.32 Å². The van der Waals surface area contributed by atoms with Gasteiger partial charge in [0.25, 0.3) is 0 Å². The highest BCUT2D eigenvalue weighted by Gasteiger charge is 2.64. The van der Waals surface area contributed by atoms with Crippen LogP contribution in [0.1, 0.15) is 51.0 Å². The van der Waals surface area contributed by atoms with Crippen LogP contribution in [-0.2, 0) is 10.2 Å². The summed E-state index contributed by atoms with van der Waals surface area (Å²) in [4.78, 5) is 17.5. The first kappa shape index (κ1) is 16.0. The summed E-state index contributed by atoms with van der Waals surface area (Å²) >= 11 is 0. The number of amides is 1. The van der Waals surface area contributed by atoms with Gasteiger partial charge >= 0.3 is 0 Å². The van der Waals surface area contributed by atoms with Gasteiger partial charge in [0.1, 0.15) is 0 Å². The van der Waals surface area contributed by atoms with Crippen LogP contribution in [0, 0.1) is 16.7 Å². The summed E-state index contributed by atoms with van der Waals surface area (Å²) in [7, 11) is 0. The molecule has 0 spiro atoms. The number of anilines is 1. The lowest BCUT2D eigenvalue weighted by molar-refractivity contribution is -0.154. The maximum absolute atomic E-state index is 13.5. The van der Waals surface area contributed by atoms with E-state index in [1.54, 1.807) is 12.4 Å². The van der Waals surface area contributed by atoms with Crippen LogP contribution < -0.4 is 5.32 Å². The van der Waals surface area contributed by atoms with Crippen molar-refractivity contribution < 1.29 is 4.79 Å². The van der Waals surface area contributed by atoms with E-state index in [9.17, 15) is 4.79 Å². The van der Waals surface area contributed by atoms with Crippen LogP contribution in [0.15, 0.2) is 54.9 Å². The van der Waals surface area contributed by atoms with Crippen molar-refractivity contribution in [3.63, 3.8) is 0 Å². The largest absolute Gasteiger partial charge is 0.325 e. The summed E-state index contributed by atoms with van der Waals surface area (Å²) in [5, 5.41) is 3.21. The van der Waals surface area contributed by atoms with E-state index in [0.717, 1.165) is 24.9 Å². The number of rotatable bonds is 3. The number of carbonyl (C=O) groups excluding carboxylic acids is 1. The molecule has 1 N–H and O–H groups in total. The molecule has 4 saturated carbocycles. The number of nitrogens with zero attached hydrogens (tertiary/aromatic N) is 1. The van der Waals surface area contributed by atoms with E-state index in [-0.39, 0.29) is 22.2 Å². The first-order valence-electron chi connectivity index (χ1n) is 9.78. The standard InChI is InChI=1S/C23H26N2O/c1-21-11-17-12-22(14-21,18-5-3-2-4-6-18)16-23(13-17,15-21)20(26)25-19-7-9-24-10-8-19/h2-10,17H,11-16H2,1H3,(H,24,25,26). The van der Waals surface area contributed by atoms with Gasteiger partial charge in [0.2, 0.25) is 5.91 Å². The van der Waals surface area contributed by atoms with E-state index in [1.165, 1.54) is 24.8 Å². The molecule has 6 rings (SSSR count). The molecule has 4 atom stereocenters. The molecule has 1 aromatic heterocycles. The molecule has 4 unspecified atom stereocenters. The van der Waals surface area contributed by atoms with Gasteiger partial charge in [-0.1, -0.05) is 37.3 Å². The fourth-order valence-electron chi connectivity index (χ4n) is 6.99. The van der Waals surface area contributed by atoms with E-state index < -0.39 is 0 Å². The van der Waals surface area contributed by atoms with Gasteiger partial charge in [-0.15, -0.1) is 0 Å². The maximum atomic E-state index is 13.5. The summed E-state index contributed by atoms with van der Waals surface area (Å²) in [6, 6.07) is 14.7. The average molecular weight is 346 g/mol. The second kappa shape index (κ2) is 5.42. The summed E-state index contributed by atoms with van der Waals surface area (Å²) < 4.78 is 0. The number of aromatic nitrogens is 1. The Morgan fingerprint density at radius 1 is 1.00 bits per heavy atom. The first-order chi connectivity index (χ1) is 12.5. The smallest absolute Gasteiger partial charge is 0.230 e. The van der Waals surface area contributed by atoms with Crippen LogP contribution in [0.25, 0.3) is 0 Å². The normalized spacial score (nSPS) is 37.5. The summed E-state index contributed by atoms with van der Waals surface area (Å²) in [6.45, 7) is 2.42. The zero-order valence-electron chi connectivity index (χ0n) is 15.4. The lowest BCUT2D eigenvalue weighted by Gasteiger charge is -2.65. The molecule has 1 heterocycles. The summed E-state index contributed by atoms with van der Waals surface area (Å²) in [5.74, 6) is 0.888. The predicted octanol–water partition coefficient (Wildman–Crippen LogP) is 4.95. The Morgan fingerprint density at radius 2 is 1.77 bits per heavy atom. The minimum atomic E-state index is -0.229. The highest BCUT2D eigenvalue weighted by molar-refractivity contribution is 5.95. The van der Waals surface area contributed by atoms with Gasteiger partial charge in [-0.05, 0) is 73.0 Å². The second-order valence-electron chi connectivity index (χ2n) is 9.44. The minimum Gasteiger partial charge on any atom is -0.325 e. The predicted molar refractivity (Wildman–Crippen MR) is 103 cm³/mol. The van der Waals surface area contributed by atoms with E-state index in [2.05, 4.69) is 47.6 Å². The molecule has 0 saturated heterocycles. The van der Waals surface area contributed by atoms with Gasteiger partial charge < -0.3 is 5.32 Å². The Hall–Kier alpha value is -2.16. The number of pyridine rings is 1. The van der Waals surface area contributed by atoms with Crippen molar-refractivity contribution in [1.82, 2.24) is 4.98 Å². The molecule has 4 bridgehead atoms. The highest BCUT2D eigenvalue weighted by Crippen LogP contribution is 2.70. The molecule has 2 aromatic rings. The molecule has 0 aliphatic heterocycles. The van der Waals surface area contributed by atoms with Crippen molar-refractivity contribution >= 4 is 11.6 Å². The third-order valence-corrected chi connectivity index (χ3v) is 7.15. The lowest BCUT2D eigenvalue weighted by Crippen LogP contribution is -2.61. The fraction of sp³-hybridized carbons (Fsp3) is 0.478. The minimum absolute atomic E-state index is 0.172. The molecule has 0 radical (unpaired) electrons. The van der Waals surface area contributed by atoms with Crippen molar-refractivity contribution in [2.24, 2.45) is 16.7 Å². The van der Waals surface area contributed by atoms with E-state index in [1.807, 2.05) is 12.1 Å². The maximum Gasteiger partial charge on any atom is 0.230 e. The van der Waals surface area contributed by atoms with Crippen LogP contribution >= 0.6 is 0 Å². The second-order valence-corrected chi connectivity index (χ2v) is 9.44. The van der Waals surface area contributed by atoms with Crippen LogP contribution in [0.5, 0.6) is 0 Å². The molecule has 4 fully saturated rings. The molecule has 1 amide bonds. The summed E-state index contributed by atoms with van der Waals surface area (Å²) in [5.41, 5.74) is 2.53. The van der Waals surface area contributed by atoms with E-state index in [0.29, 0.717) is 5.92 Å². The van der Waals surface area contributed by atoms with Crippen molar-refractivity contribution in [3.8, 4) is 0 Å². The number of hydrogen-bond donors (Lipinski definition) is 1. The van der Waals surface area contributed by atoms with Crippen molar-refractivity contribution in [1.29, 1.82) is 0 Å². The van der Waals surface area contributed by atoms with E-state index in [4.69, 9.17) is 0 Å². The van der Waals surface area contributed by atoms with Crippen LogP contribution in [0.4, 0.5) is 5.69 Å². The molecule has 3 nitrogen and oxygen atoms in total. The zero-order chi connectivity index (χ0) is 17.8. The Kier molecular flexibility index (Phi) is 3.34. The van der Waals surface area contributed by atoms with Crippen molar-refractivity contribution in [2.45, 2.75) is 50.9 Å². The molecular formula is C23H26N2O. The lowest BCUT2D eigenvalue weighted by atomic mass is 9.38. The number of hydrogen-bond acceptors (Lipinski definition) is 2. The van der Waals surface area contributed by atoms with Crippen molar-refractivity contribution in [3.05, 3.63) is 60.4 Å². The number of carbonyl (C=O) groups is 1. The molecule has 3 heteroatoms. The average Bonchev–Trinajstić information content (AvgIpc) is 2.61. The molecular weight excluding hydrogens is 320 g/mol. The Balaban J connectivity index is 1.53. The fourth-order valence-corrected chi connectivity index (χ4v) is 6.99. The van der Waals surface area contributed by atoms with Crippen LogP contribution in [0.3, 0.4) is 0 Å². The van der Waals surface area contributed by atoms with Gasteiger partial charge in [-0.2, -0.15) is 0 Å². The van der Waals surface area contributed by atoms with Gasteiger partial charge in [0.15, 0.2) is 0 Å². The molecule has 4 aliphatic rings. The molecule has 4 aliphatic carbocycles. The molecule has 26 heavy (non-hydrogen) atoms. The SMILES string of the molecule is CC12CC3CC(C(=O)Nc4ccncc4)(C1)CC(c1ccccc1)(C3)C2. The topological polar surface area (TPSA) is 42.0 Å². The van der Waals surface area contributed by atoms with Crippen LogP contribution in [0.2, 0.25) is 0 Å². The molecule has 1 aromatic carbocycles. The van der Waals surface area contributed by atoms with Gasteiger partial charge in [-0.25, -0.2) is 0 Å². The van der Waals surface area contributed by atoms with Gasteiger partial charge in [0, 0.05) is 18.1 Å². The quantitative estimate of drug-likeness (QED) is 0.854. The van der Waals surface area contributed by atoms with Gasteiger partial charge in [0.05, 0.1) is 5.41 Å². The van der Waals surface area contributed by atoms with Gasteiger partial charge in [-0.3, -0.25) is 9.78 Å². The number of benzene rings is 1. The third-order valence-electron chi connectivity index (χ3n) is 7.15. The zero-order valence-corrected chi connectivity index (χ0v) is 15.4. The highest BCUT2D eigenvalue weighted by atomic mass is 16.2. The third kappa shape index (κ3) is 2.40. The van der Waals surface area contributed by atoms with E-state index >= 15 is 0 Å². The monoisotopic (exact) mass is 346 g/mol.